The van der Waals surface area contributed by atoms with Gasteiger partial charge in [0.25, 0.3) is 0 Å². The van der Waals surface area contributed by atoms with Gasteiger partial charge >= 0.3 is 0 Å². The number of hydrogen-bond donors (Lipinski definition) is 0. The maximum atomic E-state index is 14.3. The highest BCUT2D eigenvalue weighted by molar-refractivity contribution is 6.33. The summed E-state index contributed by atoms with van der Waals surface area (Å²) in [7, 11) is 0. The van der Waals surface area contributed by atoms with Crippen molar-refractivity contribution in [3.63, 3.8) is 0 Å². The quantitative estimate of drug-likeness (QED) is 0.630. The van der Waals surface area contributed by atoms with E-state index >= 15 is 0 Å². The lowest BCUT2D eigenvalue weighted by atomic mass is 10.2. The zero-order valence-corrected chi connectivity index (χ0v) is 13.3. The van der Waals surface area contributed by atoms with Crippen molar-refractivity contribution in [2.75, 3.05) is 0 Å². The third kappa shape index (κ3) is 2.36. The molecule has 4 nitrogen and oxygen atoms in total. The number of aromatic nitrogens is 4. The third-order valence-electron chi connectivity index (χ3n) is 3.34. The molecule has 0 bridgehead atoms. The van der Waals surface area contributed by atoms with Crippen molar-refractivity contribution < 1.29 is 4.39 Å². The van der Waals surface area contributed by atoms with Gasteiger partial charge in [0.1, 0.15) is 23.5 Å². The molecule has 0 radical (unpaired) electrons. The van der Waals surface area contributed by atoms with Gasteiger partial charge in [-0.25, -0.2) is 19.3 Å². The minimum absolute atomic E-state index is 0.225. The van der Waals surface area contributed by atoms with E-state index in [1.165, 1.54) is 12.4 Å². The van der Waals surface area contributed by atoms with Crippen LogP contribution in [0.4, 0.5) is 4.39 Å². The van der Waals surface area contributed by atoms with Gasteiger partial charge in [0, 0.05) is 10.7 Å². The van der Waals surface area contributed by atoms with Gasteiger partial charge in [-0.05, 0) is 32.0 Å². The summed E-state index contributed by atoms with van der Waals surface area (Å²) in [6, 6.07) is 4.44. The Morgan fingerprint density at radius 2 is 2.05 bits per heavy atom. The first kappa shape index (κ1) is 14.9. The van der Waals surface area contributed by atoms with Crippen LogP contribution >= 0.6 is 23.2 Å². The molecule has 0 saturated heterocycles. The van der Waals surface area contributed by atoms with Crippen LogP contribution in [0.5, 0.6) is 0 Å². The summed E-state index contributed by atoms with van der Waals surface area (Å²) >= 11 is 11.9. The summed E-state index contributed by atoms with van der Waals surface area (Å²) in [6.07, 6.45) is 3.24. The highest BCUT2D eigenvalue weighted by Gasteiger charge is 2.19. The second kappa shape index (κ2) is 5.66. The van der Waals surface area contributed by atoms with Crippen LogP contribution in [0.2, 0.25) is 10.2 Å². The van der Waals surface area contributed by atoms with E-state index in [1.807, 2.05) is 19.9 Å². The maximum absolute atomic E-state index is 14.3. The van der Waals surface area contributed by atoms with Gasteiger partial charge in [-0.3, -0.25) is 4.57 Å². The van der Waals surface area contributed by atoms with Crippen LogP contribution in [0.15, 0.2) is 30.6 Å². The van der Waals surface area contributed by atoms with Gasteiger partial charge in [0.05, 0.1) is 5.56 Å². The van der Waals surface area contributed by atoms with Crippen molar-refractivity contribution in [3.05, 3.63) is 46.6 Å². The summed E-state index contributed by atoms with van der Waals surface area (Å²) in [5.74, 6) is -0.0563. The van der Waals surface area contributed by atoms with Crippen LogP contribution in [0.1, 0.15) is 13.8 Å². The predicted octanol–water partition coefficient (Wildman–Crippen LogP) is 4.82. The van der Waals surface area contributed by atoms with Gasteiger partial charge in [0.2, 0.25) is 0 Å². The third-order valence-corrected chi connectivity index (χ3v) is 3.85. The maximum Gasteiger partial charge on any atom is 0.169 e. The van der Waals surface area contributed by atoms with Crippen molar-refractivity contribution in [1.29, 1.82) is 0 Å². The lowest BCUT2D eigenvalue weighted by molar-refractivity contribution is 0.630. The number of halogens is 3. The van der Waals surface area contributed by atoms with Crippen LogP contribution in [0.25, 0.3) is 28.2 Å². The first-order valence-electron chi connectivity index (χ1n) is 6.50. The lowest BCUT2D eigenvalue weighted by Crippen LogP contribution is -2.00. The monoisotopic (exact) mass is 336 g/mol. The molecule has 112 valence electrons. The Bertz CT molecular complexity index is 902. The van der Waals surface area contributed by atoms with E-state index in [1.54, 1.807) is 16.7 Å². The molecule has 0 saturated carbocycles. The second-order valence-electron chi connectivity index (χ2n) is 4.66. The van der Waals surface area contributed by atoms with E-state index in [-0.39, 0.29) is 5.15 Å². The fourth-order valence-electron chi connectivity index (χ4n) is 2.18. The van der Waals surface area contributed by atoms with Crippen LogP contribution < -0.4 is 0 Å². The van der Waals surface area contributed by atoms with Crippen molar-refractivity contribution in [3.8, 4) is 11.4 Å². The topological polar surface area (TPSA) is 43.6 Å². The molecule has 0 amide bonds. The molecule has 3 rings (SSSR count). The van der Waals surface area contributed by atoms with Gasteiger partial charge in [-0.2, -0.15) is 0 Å². The zero-order chi connectivity index (χ0) is 15.9. The minimum Gasteiger partial charge on any atom is -0.281 e. The summed E-state index contributed by atoms with van der Waals surface area (Å²) in [6.45, 7) is 3.76. The molecule has 3 aromatic rings. The Hall–Kier alpha value is -1.98. The second-order valence-corrected chi connectivity index (χ2v) is 5.46. The Morgan fingerprint density at radius 1 is 1.27 bits per heavy atom. The number of nitrogens with zero attached hydrogens (tertiary/aromatic N) is 4. The minimum atomic E-state index is -0.461. The van der Waals surface area contributed by atoms with Crippen molar-refractivity contribution in [2.24, 2.45) is 0 Å². The standard InChI is InChI=1S/C15H11Cl2FN4/c1-3-8(2)22-14(10-5-4-9(16)6-11(10)18)21-12-13(17)19-7-20-15(12)22/h3-7H,1-2H3/b8-3+. The molecule has 2 heterocycles. The number of allylic oxidation sites excluding steroid dienone is 2. The molecule has 7 heteroatoms. The van der Waals surface area contributed by atoms with E-state index in [2.05, 4.69) is 15.0 Å². The van der Waals surface area contributed by atoms with E-state index in [9.17, 15) is 4.39 Å². The molecular formula is C15H11Cl2FN4. The summed E-state index contributed by atoms with van der Waals surface area (Å²) < 4.78 is 16.0. The highest BCUT2D eigenvalue weighted by atomic mass is 35.5. The molecule has 1 aromatic carbocycles. The van der Waals surface area contributed by atoms with Crippen molar-refractivity contribution in [1.82, 2.24) is 19.5 Å². The molecule has 0 fully saturated rings. The van der Waals surface area contributed by atoms with Crippen LogP contribution in [0, 0.1) is 5.82 Å². The Kier molecular flexibility index (Phi) is 3.85. The fraction of sp³-hybridized carbons (Fsp3) is 0.133. The molecule has 0 atom stereocenters. The van der Waals surface area contributed by atoms with Gasteiger partial charge in [-0.15, -0.1) is 0 Å². The van der Waals surface area contributed by atoms with E-state index in [0.29, 0.717) is 27.6 Å². The molecule has 22 heavy (non-hydrogen) atoms. The Balaban J connectivity index is 2.40. The van der Waals surface area contributed by atoms with Gasteiger partial charge < -0.3 is 0 Å². The average Bonchev–Trinajstić information content (AvgIpc) is 2.87. The summed E-state index contributed by atoms with van der Waals surface area (Å²) in [4.78, 5) is 12.6. The molecule has 0 N–H and O–H groups in total. The zero-order valence-electron chi connectivity index (χ0n) is 11.8. The Labute approximate surface area is 136 Å². The van der Waals surface area contributed by atoms with Gasteiger partial charge in [0.15, 0.2) is 10.8 Å². The average molecular weight is 337 g/mol. The number of hydrogen-bond acceptors (Lipinski definition) is 3. The molecule has 0 aliphatic carbocycles. The van der Waals surface area contributed by atoms with Crippen molar-refractivity contribution in [2.45, 2.75) is 13.8 Å². The lowest BCUT2D eigenvalue weighted by Gasteiger charge is -2.09. The fourth-order valence-corrected chi connectivity index (χ4v) is 2.51. The largest absolute Gasteiger partial charge is 0.281 e. The predicted molar refractivity (Wildman–Crippen MR) is 86.4 cm³/mol. The number of rotatable bonds is 2. The number of benzene rings is 1. The first-order chi connectivity index (χ1) is 10.5. The van der Waals surface area contributed by atoms with Crippen molar-refractivity contribution >= 4 is 40.1 Å². The number of fused-ring (bicyclic) bond motifs is 1. The summed E-state index contributed by atoms with van der Waals surface area (Å²) in [5, 5.41) is 0.549. The van der Waals surface area contributed by atoms with Gasteiger partial charge in [-0.1, -0.05) is 29.3 Å². The molecular weight excluding hydrogens is 326 g/mol. The van der Waals surface area contributed by atoms with E-state index in [4.69, 9.17) is 23.2 Å². The highest BCUT2D eigenvalue weighted by Crippen LogP contribution is 2.31. The van der Waals surface area contributed by atoms with Crippen LogP contribution in [-0.2, 0) is 0 Å². The Morgan fingerprint density at radius 3 is 2.73 bits per heavy atom. The molecule has 2 aromatic heterocycles. The molecule has 0 unspecified atom stereocenters. The molecule has 0 spiro atoms. The van der Waals surface area contributed by atoms with Crippen LogP contribution in [0.3, 0.4) is 0 Å². The molecule has 0 aliphatic heterocycles. The normalized spacial score (nSPS) is 12.1. The van der Waals surface area contributed by atoms with E-state index in [0.717, 1.165) is 5.70 Å². The van der Waals surface area contributed by atoms with E-state index < -0.39 is 5.82 Å². The SMILES string of the molecule is C/C=C(\C)n1c(-c2ccc(Cl)cc2F)nc2c(Cl)ncnc21. The summed E-state index contributed by atoms with van der Waals surface area (Å²) in [5.41, 5.74) is 2.12. The van der Waals surface area contributed by atoms with Crippen LogP contribution in [-0.4, -0.2) is 19.5 Å². The smallest absolute Gasteiger partial charge is 0.169 e. The first-order valence-corrected chi connectivity index (χ1v) is 7.26. The number of imidazole rings is 1. The molecule has 0 aliphatic rings.